The summed E-state index contributed by atoms with van der Waals surface area (Å²) >= 11 is 0. The molecule has 0 bridgehead atoms. The van der Waals surface area contributed by atoms with E-state index in [9.17, 15) is 9.50 Å². The first-order valence-electron chi connectivity index (χ1n) is 5.12. The summed E-state index contributed by atoms with van der Waals surface area (Å²) in [5, 5.41) is 12.5. The molecule has 84 valence electrons. The van der Waals surface area contributed by atoms with Gasteiger partial charge < -0.3 is 10.4 Å². The van der Waals surface area contributed by atoms with Crippen LogP contribution in [0.5, 0.6) is 0 Å². The number of hydrogen-bond acceptors (Lipinski definition) is 2. The second kappa shape index (κ2) is 4.62. The Balaban J connectivity index is 2.84. The number of halogens is 1. The molecule has 1 atom stereocenters. The van der Waals surface area contributed by atoms with Crippen LogP contribution < -0.4 is 5.32 Å². The summed E-state index contributed by atoms with van der Waals surface area (Å²) in [5.41, 5.74) is 0.272. The normalized spacial score (nSPS) is 15.1. The van der Waals surface area contributed by atoms with Gasteiger partial charge in [0.1, 0.15) is 5.82 Å². The van der Waals surface area contributed by atoms with Gasteiger partial charge in [-0.15, -0.1) is 0 Å². The van der Waals surface area contributed by atoms with Crippen molar-refractivity contribution in [1.82, 2.24) is 0 Å². The highest BCUT2D eigenvalue weighted by Gasteiger charge is 2.27. The molecule has 0 saturated carbocycles. The summed E-state index contributed by atoms with van der Waals surface area (Å²) in [6, 6.07) is 6.27. The van der Waals surface area contributed by atoms with Crippen LogP contribution >= 0.6 is 0 Å². The SMILES string of the molecule is CC(C)C(C)(CO)Nc1cccc(F)c1. The van der Waals surface area contributed by atoms with Crippen molar-refractivity contribution in [3.05, 3.63) is 30.1 Å². The highest BCUT2D eigenvalue weighted by Crippen LogP contribution is 2.22. The van der Waals surface area contributed by atoms with Gasteiger partial charge in [0, 0.05) is 5.69 Å². The molecule has 0 fully saturated rings. The van der Waals surface area contributed by atoms with Gasteiger partial charge in [0.2, 0.25) is 0 Å². The quantitative estimate of drug-likeness (QED) is 0.802. The van der Waals surface area contributed by atoms with E-state index < -0.39 is 5.54 Å². The zero-order chi connectivity index (χ0) is 11.5. The van der Waals surface area contributed by atoms with E-state index in [4.69, 9.17) is 0 Å². The topological polar surface area (TPSA) is 32.3 Å². The maximum atomic E-state index is 12.9. The van der Waals surface area contributed by atoms with Crippen molar-refractivity contribution in [1.29, 1.82) is 0 Å². The van der Waals surface area contributed by atoms with Crippen molar-refractivity contribution < 1.29 is 9.50 Å². The number of aliphatic hydroxyl groups excluding tert-OH is 1. The van der Waals surface area contributed by atoms with Crippen LogP contribution in [-0.4, -0.2) is 17.3 Å². The minimum absolute atomic E-state index is 0.0151. The molecule has 2 nitrogen and oxygen atoms in total. The van der Waals surface area contributed by atoms with Gasteiger partial charge in [-0.2, -0.15) is 0 Å². The van der Waals surface area contributed by atoms with E-state index in [1.54, 1.807) is 12.1 Å². The molecule has 0 amide bonds. The van der Waals surface area contributed by atoms with Gasteiger partial charge >= 0.3 is 0 Å². The van der Waals surface area contributed by atoms with Crippen LogP contribution in [0.2, 0.25) is 0 Å². The maximum Gasteiger partial charge on any atom is 0.125 e. The predicted octanol–water partition coefficient (Wildman–Crippen LogP) is 2.64. The van der Waals surface area contributed by atoms with Gasteiger partial charge in [0.05, 0.1) is 12.1 Å². The van der Waals surface area contributed by atoms with Gasteiger partial charge in [-0.25, -0.2) is 4.39 Å². The Morgan fingerprint density at radius 2 is 2.13 bits per heavy atom. The van der Waals surface area contributed by atoms with Crippen molar-refractivity contribution in [2.45, 2.75) is 26.3 Å². The predicted molar refractivity (Wildman–Crippen MR) is 60.4 cm³/mol. The van der Waals surface area contributed by atoms with Crippen LogP contribution in [0.25, 0.3) is 0 Å². The summed E-state index contributed by atoms with van der Waals surface area (Å²) in [6.45, 7) is 5.97. The smallest absolute Gasteiger partial charge is 0.125 e. The molecule has 1 unspecified atom stereocenters. The van der Waals surface area contributed by atoms with Crippen LogP contribution in [0.4, 0.5) is 10.1 Å². The van der Waals surface area contributed by atoms with Crippen molar-refractivity contribution in [2.75, 3.05) is 11.9 Å². The number of hydrogen-bond donors (Lipinski definition) is 2. The zero-order valence-corrected chi connectivity index (χ0v) is 9.42. The van der Waals surface area contributed by atoms with Crippen LogP contribution in [-0.2, 0) is 0 Å². The van der Waals surface area contributed by atoms with Crippen LogP contribution in [0.1, 0.15) is 20.8 Å². The Morgan fingerprint density at radius 1 is 1.47 bits per heavy atom. The summed E-state index contributed by atoms with van der Waals surface area (Å²) in [7, 11) is 0. The Hall–Kier alpha value is -1.09. The third-order valence-electron chi connectivity index (χ3n) is 2.86. The first kappa shape index (κ1) is 12.0. The van der Waals surface area contributed by atoms with Crippen molar-refractivity contribution in [3.63, 3.8) is 0 Å². The Bertz CT molecular complexity index is 327. The minimum atomic E-state index is -0.423. The molecule has 0 aromatic heterocycles. The fourth-order valence-corrected chi connectivity index (χ4v) is 1.26. The maximum absolute atomic E-state index is 12.9. The average Bonchev–Trinajstić information content (AvgIpc) is 2.17. The van der Waals surface area contributed by atoms with Gasteiger partial charge in [0.25, 0.3) is 0 Å². The van der Waals surface area contributed by atoms with E-state index in [0.29, 0.717) is 5.69 Å². The fraction of sp³-hybridized carbons (Fsp3) is 0.500. The van der Waals surface area contributed by atoms with E-state index in [1.165, 1.54) is 12.1 Å². The summed E-state index contributed by atoms with van der Waals surface area (Å²) in [5.74, 6) is -0.0187. The van der Waals surface area contributed by atoms with Crippen molar-refractivity contribution in [3.8, 4) is 0 Å². The number of rotatable bonds is 4. The molecular weight excluding hydrogens is 193 g/mol. The second-order valence-corrected chi connectivity index (χ2v) is 4.37. The lowest BCUT2D eigenvalue weighted by Gasteiger charge is -2.34. The molecule has 2 N–H and O–H groups in total. The number of anilines is 1. The lowest BCUT2D eigenvalue weighted by molar-refractivity contribution is 0.186. The molecule has 0 spiro atoms. The zero-order valence-electron chi connectivity index (χ0n) is 9.42. The van der Waals surface area contributed by atoms with Gasteiger partial charge in [-0.1, -0.05) is 19.9 Å². The fourth-order valence-electron chi connectivity index (χ4n) is 1.26. The third-order valence-corrected chi connectivity index (χ3v) is 2.86. The molecule has 0 saturated heterocycles. The number of aliphatic hydroxyl groups is 1. The van der Waals surface area contributed by atoms with Crippen molar-refractivity contribution in [2.24, 2.45) is 5.92 Å². The molecule has 0 heterocycles. The third kappa shape index (κ3) is 2.93. The minimum Gasteiger partial charge on any atom is -0.394 e. The Labute approximate surface area is 90.1 Å². The Morgan fingerprint density at radius 3 is 2.60 bits per heavy atom. The van der Waals surface area contributed by atoms with E-state index >= 15 is 0 Å². The molecule has 3 heteroatoms. The number of benzene rings is 1. The van der Waals surface area contributed by atoms with E-state index in [2.05, 4.69) is 5.32 Å². The Kier molecular flexibility index (Phi) is 3.69. The van der Waals surface area contributed by atoms with Crippen LogP contribution in [0.15, 0.2) is 24.3 Å². The van der Waals surface area contributed by atoms with E-state index in [0.717, 1.165) is 0 Å². The monoisotopic (exact) mass is 211 g/mol. The highest BCUT2D eigenvalue weighted by molar-refractivity contribution is 5.45. The molecule has 1 aromatic carbocycles. The molecule has 0 aliphatic heterocycles. The number of nitrogens with one attached hydrogen (secondary N) is 1. The first-order valence-corrected chi connectivity index (χ1v) is 5.12. The molecule has 1 rings (SSSR count). The van der Waals surface area contributed by atoms with Gasteiger partial charge in [-0.05, 0) is 31.0 Å². The second-order valence-electron chi connectivity index (χ2n) is 4.37. The first-order chi connectivity index (χ1) is 6.98. The summed E-state index contributed by atoms with van der Waals surface area (Å²) in [6.07, 6.45) is 0. The van der Waals surface area contributed by atoms with Crippen LogP contribution in [0, 0.1) is 11.7 Å². The molecular formula is C12H18FNO. The standard InChI is InChI=1S/C12H18FNO/c1-9(2)12(3,8-15)14-11-6-4-5-10(13)7-11/h4-7,9,14-15H,8H2,1-3H3. The largest absolute Gasteiger partial charge is 0.394 e. The lowest BCUT2D eigenvalue weighted by Crippen LogP contribution is -2.43. The molecule has 1 aromatic rings. The van der Waals surface area contributed by atoms with E-state index in [-0.39, 0.29) is 18.3 Å². The molecule has 0 aliphatic carbocycles. The lowest BCUT2D eigenvalue weighted by atomic mass is 9.89. The van der Waals surface area contributed by atoms with Gasteiger partial charge in [0.15, 0.2) is 0 Å². The highest BCUT2D eigenvalue weighted by atomic mass is 19.1. The molecule has 0 radical (unpaired) electrons. The van der Waals surface area contributed by atoms with Gasteiger partial charge in [-0.3, -0.25) is 0 Å². The van der Waals surface area contributed by atoms with Crippen molar-refractivity contribution >= 4 is 5.69 Å². The summed E-state index contributed by atoms with van der Waals surface area (Å²) in [4.78, 5) is 0. The molecule has 0 aliphatic rings. The van der Waals surface area contributed by atoms with Crippen LogP contribution in [0.3, 0.4) is 0 Å². The summed E-state index contributed by atoms with van der Waals surface area (Å²) < 4.78 is 12.9. The van der Waals surface area contributed by atoms with E-state index in [1.807, 2.05) is 20.8 Å². The molecule has 15 heavy (non-hydrogen) atoms. The average molecular weight is 211 g/mol.